The molecule has 0 radical (unpaired) electrons. The van der Waals surface area contributed by atoms with E-state index in [-0.39, 0.29) is 23.7 Å². The van der Waals surface area contributed by atoms with E-state index in [1.807, 2.05) is 0 Å². The number of anilines is 1. The number of piperidine rings is 1. The lowest BCUT2D eigenvalue weighted by molar-refractivity contribution is -0.143. The average Bonchev–Trinajstić information content (AvgIpc) is 3.41. The summed E-state index contributed by atoms with van der Waals surface area (Å²) in [4.78, 5) is 25.8. The van der Waals surface area contributed by atoms with E-state index in [0.717, 1.165) is 50.2 Å². The van der Waals surface area contributed by atoms with Crippen LogP contribution in [0.4, 0.5) is 5.95 Å². The first kappa shape index (κ1) is 22.9. The molecule has 0 aromatic carbocycles. The summed E-state index contributed by atoms with van der Waals surface area (Å²) < 4.78 is 12.8. The van der Waals surface area contributed by atoms with E-state index in [4.69, 9.17) is 9.47 Å². The zero-order chi connectivity index (χ0) is 21.2. The molecule has 0 bridgehead atoms. The molecule has 2 aliphatic rings. The van der Waals surface area contributed by atoms with Crippen molar-refractivity contribution in [3.63, 3.8) is 0 Å². The Bertz CT molecular complexity index is 687. The quantitative estimate of drug-likeness (QED) is 0.318. The predicted molar refractivity (Wildman–Crippen MR) is 115 cm³/mol. The summed E-state index contributed by atoms with van der Waals surface area (Å²) in [5, 5.41) is 12.4. The van der Waals surface area contributed by atoms with E-state index in [1.165, 1.54) is 31.0 Å². The molecule has 2 saturated heterocycles. The second-order valence-corrected chi connectivity index (χ2v) is 8.57. The zero-order valence-corrected chi connectivity index (χ0v) is 18.6. The van der Waals surface area contributed by atoms with Crippen LogP contribution in [0.1, 0.15) is 51.9 Å². The number of ether oxygens (including phenoxy) is 2. The van der Waals surface area contributed by atoms with Crippen LogP contribution in [0.2, 0.25) is 0 Å². The molecule has 2 fully saturated rings. The Morgan fingerprint density at radius 2 is 2.07 bits per heavy atom. The topological polar surface area (TPSA) is 98.6 Å². The maximum absolute atomic E-state index is 12.2. The lowest BCUT2D eigenvalue weighted by atomic mass is 10.1. The summed E-state index contributed by atoms with van der Waals surface area (Å²) >= 11 is 1.40. The van der Waals surface area contributed by atoms with E-state index in [2.05, 4.69) is 25.0 Å². The number of thioether (sulfide) groups is 1. The molecular formula is C20H33N5O4S. The fraction of sp³-hybridized carbons (Fsp3) is 0.800. The number of rotatable bonds is 11. The molecule has 3 rings (SSSR count). The molecule has 1 aromatic rings. The van der Waals surface area contributed by atoms with E-state index in [9.17, 15) is 9.59 Å². The van der Waals surface area contributed by atoms with E-state index in [0.29, 0.717) is 26.0 Å². The van der Waals surface area contributed by atoms with Crippen LogP contribution in [0, 0.1) is 0 Å². The Hall–Kier alpha value is -1.81. The Labute approximate surface area is 182 Å². The molecule has 0 spiro atoms. The monoisotopic (exact) mass is 439 g/mol. The van der Waals surface area contributed by atoms with Crippen molar-refractivity contribution >= 4 is 29.6 Å². The predicted octanol–water partition coefficient (Wildman–Crippen LogP) is 2.00. The van der Waals surface area contributed by atoms with Crippen molar-refractivity contribution < 1.29 is 19.1 Å². The number of aromatic nitrogens is 3. The fourth-order valence-electron chi connectivity index (χ4n) is 3.74. The summed E-state index contributed by atoms with van der Waals surface area (Å²) in [6.45, 7) is 6.15. The minimum absolute atomic E-state index is 0.0740. The number of amides is 1. The summed E-state index contributed by atoms with van der Waals surface area (Å²) in [5.41, 5.74) is 0. The van der Waals surface area contributed by atoms with Gasteiger partial charge in [0.1, 0.15) is 0 Å². The summed E-state index contributed by atoms with van der Waals surface area (Å²) in [5.74, 6) is 0.856. The molecule has 1 atom stereocenters. The van der Waals surface area contributed by atoms with Gasteiger partial charge in [0.05, 0.1) is 25.0 Å². The summed E-state index contributed by atoms with van der Waals surface area (Å²) in [6.07, 6.45) is 6.80. The van der Waals surface area contributed by atoms with Crippen molar-refractivity contribution in [3.05, 3.63) is 0 Å². The summed E-state index contributed by atoms with van der Waals surface area (Å²) in [6, 6.07) is 0. The highest BCUT2D eigenvalue weighted by atomic mass is 32.2. The van der Waals surface area contributed by atoms with Crippen LogP contribution < -0.4 is 10.2 Å². The van der Waals surface area contributed by atoms with Crippen LogP contribution in [0.25, 0.3) is 0 Å². The van der Waals surface area contributed by atoms with Crippen LogP contribution in [-0.4, -0.2) is 71.3 Å². The third kappa shape index (κ3) is 6.87. The normalized spacial score (nSPS) is 19.1. The van der Waals surface area contributed by atoms with Crippen molar-refractivity contribution in [2.24, 2.45) is 0 Å². The van der Waals surface area contributed by atoms with Crippen LogP contribution in [0.5, 0.6) is 0 Å². The van der Waals surface area contributed by atoms with E-state index >= 15 is 0 Å². The number of carbonyl (C=O) groups is 2. The minimum Gasteiger partial charge on any atom is -0.466 e. The molecule has 168 valence electrons. The van der Waals surface area contributed by atoms with Crippen LogP contribution >= 0.6 is 11.8 Å². The molecule has 3 heterocycles. The lowest BCUT2D eigenvalue weighted by Crippen LogP contribution is -2.33. The second kappa shape index (κ2) is 12.1. The molecule has 0 saturated carbocycles. The van der Waals surface area contributed by atoms with Gasteiger partial charge < -0.3 is 19.7 Å². The standard InChI is InChI=1S/C20H33N5O4S/c1-2-28-18(27)9-6-10-21-17(26)15-30-20-23-22-19(24-11-4-3-5-12-24)25(20)14-16-8-7-13-29-16/h16H,2-15H2,1H3,(H,21,26). The smallest absolute Gasteiger partial charge is 0.305 e. The molecule has 1 N–H and O–H groups in total. The summed E-state index contributed by atoms with van der Waals surface area (Å²) in [7, 11) is 0. The Morgan fingerprint density at radius 3 is 2.80 bits per heavy atom. The van der Waals surface area contributed by atoms with E-state index < -0.39 is 0 Å². The van der Waals surface area contributed by atoms with Crippen LogP contribution in [-0.2, 0) is 25.6 Å². The number of esters is 1. The van der Waals surface area contributed by atoms with Crippen molar-refractivity contribution in [1.29, 1.82) is 0 Å². The highest BCUT2D eigenvalue weighted by Crippen LogP contribution is 2.26. The van der Waals surface area contributed by atoms with Gasteiger partial charge in [0, 0.05) is 32.7 Å². The second-order valence-electron chi connectivity index (χ2n) is 7.62. The minimum atomic E-state index is -0.228. The molecule has 0 aliphatic carbocycles. The maximum atomic E-state index is 12.2. The van der Waals surface area contributed by atoms with Crippen LogP contribution in [0.3, 0.4) is 0 Å². The Balaban J connectivity index is 1.52. The van der Waals surface area contributed by atoms with Crippen molar-refractivity contribution in [2.45, 2.75) is 69.7 Å². The molecule has 1 aromatic heterocycles. The molecule has 1 amide bonds. The molecular weight excluding hydrogens is 406 g/mol. The number of hydrogen-bond donors (Lipinski definition) is 1. The maximum Gasteiger partial charge on any atom is 0.305 e. The Morgan fingerprint density at radius 1 is 1.23 bits per heavy atom. The lowest BCUT2D eigenvalue weighted by Gasteiger charge is -2.28. The highest BCUT2D eigenvalue weighted by Gasteiger charge is 2.25. The largest absolute Gasteiger partial charge is 0.466 e. The molecule has 9 nitrogen and oxygen atoms in total. The van der Waals surface area contributed by atoms with Crippen LogP contribution in [0.15, 0.2) is 5.16 Å². The van der Waals surface area contributed by atoms with Gasteiger partial charge in [0.2, 0.25) is 11.9 Å². The highest BCUT2D eigenvalue weighted by molar-refractivity contribution is 7.99. The van der Waals surface area contributed by atoms with Gasteiger partial charge in [-0.05, 0) is 45.4 Å². The van der Waals surface area contributed by atoms with Crippen molar-refractivity contribution in [1.82, 2.24) is 20.1 Å². The Kier molecular flexibility index (Phi) is 9.26. The first-order chi connectivity index (χ1) is 14.7. The van der Waals surface area contributed by atoms with Gasteiger partial charge in [0.15, 0.2) is 5.16 Å². The third-order valence-corrected chi connectivity index (χ3v) is 6.23. The average molecular weight is 440 g/mol. The van der Waals surface area contributed by atoms with Gasteiger partial charge in [-0.1, -0.05) is 11.8 Å². The first-order valence-corrected chi connectivity index (χ1v) is 12.0. The van der Waals surface area contributed by atoms with Gasteiger partial charge in [-0.2, -0.15) is 0 Å². The zero-order valence-electron chi connectivity index (χ0n) is 17.8. The molecule has 2 aliphatic heterocycles. The van der Waals surface area contributed by atoms with Gasteiger partial charge in [-0.25, -0.2) is 0 Å². The van der Waals surface area contributed by atoms with Gasteiger partial charge in [0.25, 0.3) is 0 Å². The number of nitrogens with zero attached hydrogens (tertiary/aromatic N) is 4. The fourth-order valence-corrected chi connectivity index (χ4v) is 4.52. The van der Waals surface area contributed by atoms with Crippen molar-refractivity contribution in [3.8, 4) is 0 Å². The van der Waals surface area contributed by atoms with Gasteiger partial charge in [-0.15, -0.1) is 10.2 Å². The SMILES string of the molecule is CCOC(=O)CCCNC(=O)CSc1nnc(N2CCCCC2)n1CC1CCCO1. The molecule has 30 heavy (non-hydrogen) atoms. The third-order valence-electron chi connectivity index (χ3n) is 5.26. The number of hydrogen-bond acceptors (Lipinski definition) is 8. The number of nitrogens with one attached hydrogen (secondary N) is 1. The molecule has 1 unspecified atom stereocenters. The van der Waals surface area contributed by atoms with Crippen molar-refractivity contribution in [2.75, 3.05) is 43.5 Å². The van der Waals surface area contributed by atoms with Gasteiger partial charge >= 0.3 is 5.97 Å². The van der Waals surface area contributed by atoms with E-state index in [1.54, 1.807) is 6.92 Å². The van der Waals surface area contributed by atoms with Gasteiger partial charge in [-0.3, -0.25) is 14.2 Å². The molecule has 10 heteroatoms. The first-order valence-electron chi connectivity index (χ1n) is 11.0. The number of carbonyl (C=O) groups excluding carboxylic acids is 2.